The molecule has 2 rings (SSSR count). The standard InChI is InChI=1S/C19H22N2O4/c1-14-7-5-11-18(23)21(14)12-6-10-17(22)20-16(19(24)25)13-15-8-3-2-4-9-15/h2-5,7-9,11,16H,6,10,12-13H2,1H3,(H,20,22)(H,24,25). The van der Waals surface area contributed by atoms with Crippen molar-refractivity contribution in [1.82, 2.24) is 9.88 Å². The molecule has 0 bridgehead atoms. The summed E-state index contributed by atoms with van der Waals surface area (Å²) >= 11 is 0. The number of nitrogens with zero attached hydrogens (tertiary/aromatic N) is 1. The van der Waals surface area contributed by atoms with Crippen molar-refractivity contribution in [3.05, 3.63) is 70.1 Å². The number of aromatic nitrogens is 1. The van der Waals surface area contributed by atoms with E-state index >= 15 is 0 Å². The van der Waals surface area contributed by atoms with Gasteiger partial charge >= 0.3 is 5.97 Å². The van der Waals surface area contributed by atoms with Crippen LogP contribution in [0.3, 0.4) is 0 Å². The highest BCUT2D eigenvalue weighted by molar-refractivity contribution is 5.83. The van der Waals surface area contributed by atoms with E-state index < -0.39 is 12.0 Å². The molecule has 0 fully saturated rings. The average molecular weight is 342 g/mol. The molecule has 0 aliphatic heterocycles. The maximum atomic E-state index is 12.0. The second-order valence-electron chi connectivity index (χ2n) is 5.91. The van der Waals surface area contributed by atoms with Crippen LogP contribution in [0, 0.1) is 6.92 Å². The highest BCUT2D eigenvalue weighted by Gasteiger charge is 2.20. The molecule has 0 radical (unpaired) electrons. The van der Waals surface area contributed by atoms with Crippen molar-refractivity contribution >= 4 is 11.9 Å². The van der Waals surface area contributed by atoms with Crippen LogP contribution in [0.2, 0.25) is 0 Å². The van der Waals surface area contributed by atoms with E-state index in [1.54, 1.807) is 10.6 Å². The highest BCUT2D eigenvalue weighted by Crippen LogP contribution is 2.05. The van der Waals surface area contributed by atoms with Gasteiger partial charge in [0.1, 0.15) is 6.04 Å². The van der Waals surface area contributed by atoms with Crippen LogP contribution in [0.4, 0.5) is 0 Å². The topological polar surface area (TPSA) is 88.4 Å². The molecule has 132 valence electrons. The molecule has 1 heterocycles. The molecule has 1 aromatic heterocycles. The van der Waals surface area contributed by atoms with Gasteiger partial charge in [-0.2, -0.15) is 0 Å². The van der Waals surface area contributed by atoms with E-state index in [2.05, 4.69) is 5.32 Å². The lowest BCUT2D eigenvalue weighted by atomic mass is 10.1. The molecule has 0 aliphatic carbocycles. The van der Waals surface area contributed by atoms with Crippen LogP contribution in [-0.4, -0.2) is 27.6 Å². The van der Waals surface area contributed by atoms with E-state index in [4.69, 9.17) is 0 Å². The molecule has 1 unspecified atom stereocenters. The van der Waals surface area contributed by atoms with Crippen molar-refractivity contribution in [2.45, 2.75) is 38.8 Å². The number of carbonyl (C=O) groups excluding carboxylic acids is 1. The minimum Gasteiger partial charge on any atom is -0.480 e. The first-order valence-corrected chi connectivity index (χ1v) is 8.20. The predicted molar refractivity (Wildman–Crippen MR) is 94.4 cm³/mol. The van der Waals surface area contributed by atoms with Gasteiger partial charge in [-0.05, 0) is 25.0 Å². The van der Waals surface area contributed by atoms with Gasteiger partial charge < -0.3 is 15.0 Å². The first kappa shape index (κ1) is 18.4. The molecular weight excluding hydrogens is 320 g/mol. The summed E-state index contributed by atoms with van der Waals surface area (Å²) in [6.07, 6.45) is 0.868. The molecule has 1 amide bonds. The number of rotatable bonds is 8. The Hall–Kier alpha value is -2.89. The normalized spacial score (nSPS) is 11.7. The minimum absolute atomic E-state index is 0.104. The molecule has 2 aromatic rings. The summed E-state index contributed by atoms with van der Waals surface area (Å²) < 4.78 is 1.60. The Morgan fingerprint density at radius 2 is 1.84 bits per heavy atom. The third kappa shape index (κ3) is 5.60. The SMILES string of the molecule is Cc1cccc(=O)n1CCCC(=O)NC(Cc1ccccc1)C(=O)O. The van der Waals surface area contributed by atoms with Crippen molar-refractivity contribution in [1.29, 1.82) is 0 Å². The number of carbonyl (C=O) groups is 2. The van der Waals surface area contributed by atoms with Crippen LogP contribution in [0.5, 0.6) is 0 Å². The first-order valence-electron chi connectivity index (χ1n) is 8.20. The number of aryl methyl sites for hydroxylation is 1. The molecule has 25 heavy (non-hydrogen) atoms. The van der Waals surface area contributed by atoms with Gasteiger partial charge in [-0.3, -0.25) is 9.59 Å². The Labute approximate surface area is 146 Å². The molecule has 6 nitrogen and oxygen atoms in total. The lowest BCUT2D eigenvalue weighted by Crippen LogP contribution is -2.42. The fourth-order valence-electron chi connectivity index (χ4n) is 2.62. The lowest BCUT2D eigenvalue weighted by Gasteiger charge is -2.15. The van der Waals surface area contributed by atoms with Crippen LogP contribution in [0.1, 0.15) is 24.1 Å². The summed E-state index contributed by atoms with van der Waals surface area (Å²) in [5.41, 5.74) is 1.58. The van der Waals surface area contributed by atoms with Crippen molar-refractivity contribution in [3.63, 3.8) is 0 Å². The van der Waals surface area contributed by atoms with Crippen LogP contribution >= 0.6 is 0 Å². The number of carboxylic acid groups (broad SMARTS) is 1. The third-order valence-electron chi connectivity index (χ3n) is 3.97. The summed E-state index contributed by atoms with van der Waals surface area (Å²) in [6.45, 7) is 2.26. The van der Waals surface area contributed by atoms with Crippen molar-refractivity contribution < 1.29 is 14.7 Å². The number of amides is 1. The van der Waals surface area contributed by atoms with Gasteiger partial charge in [-0.25, -0.2) is 4.79 Å². The van der Waals surface area contributed by atoms with Crippen molar-refractivity contribution in [2.24, 2.45) is 0 Å². The molecule has 1 atom stereocenters. The summed E-state index contributed by atoms with van der Waals surface area (Å²) in [6, 6.07) is 13.2. The number of aliphatic carboxylic acids is 1. The Bertz CT molecular complexity index is 784. The summed E-state index contributed by atoms with van der Waals surface area (Å²) in [5.74, 6) is -1.39. The molecular formula is C19H22N2O4. The van der Waals surface area contributed by atoms with E-state index in [1.165, 1.54) is 6.07 Å². The van der Waals surface area contributed by atoms with E-state index in [9.17, 15) is 19.5 Å². The molecule has 1 aromatic carbocycles. The molecule has 6 heteroatoms. The van der Waals surface area contributed by atoms with Gasteiger partial charge in [0.2, 0.25) is 5.91 Å². The zero-order chi connectivity index (χ0) is 18.2. The smallest absolute Gasteiger partial charge is 0.326 e. The van der Waals surface area contributed by atoms with Crippen LogP contribution < -0.4 is 10.9 Å². The Kier molecular flexibility index (Phi) is 6.51. The summed E-state index contributed by atoms with van der Waals surface area (Å²) in [4.78, 5) is 35.2. The van der Waals surface area contributed by atoms with E-state index in [0.717, 1.165) is 11.3 Å². The number of hydrogen-bond donors (Lipinski definition) is 2. The zero-order valence-corrected chi connectivity index (χ0v) is 14.1. The Balaban J connectivity index is 1.87. The number of benzene rings is 1. The average Bonchev–Trinajstić information content (AvgIpc) is 2.58. The molecule has 0 saturated carbocycles. The number of nitrogens with one attached hydrogen (secondary N) is 1. The molecule has 0 saturated heterocycles. The number of pyridine rings is 1. The summed E-state index contributed by atoms with van der Waals surface area (Å²) in [5, 5.41) is 11.9. The van der Waals surface area contributed by atoms with Gasteiger partial charge in [-0.1, -0.05) is 36.4 Å². The first-order chi connectivity index (χ1) is 12.0. The largest absolute Gasteiger partial charge is 0.480 e. The summed E-state index contributed by atoms with van der Waals surface area (Å²) in [7, 11) is 0. The fraction of sp³-hybridized carbons (Fsp3) is 0.316. The highest BCUT2D eigenvalue weighted by atomic mass is 16.4. The number of carboxylic acids is 1. The van der Waals surface area contributed by atoms with Gasteiger partial charge in [0, 0.05) is 31.1 Å². The van der Waals surface area contributed by atoms with E-state index in [1.807, 2.05) is 43.3 Å². The van der Waals surface area contributed by atoms with Gasteiger partial charge in [0.05, 0.1) is 0 Å². The van der Waals surface area contributed by atoms with Crippen LogP contribution in [0.15, 0.2) is 53.3 Å². The lowest BCUT2D eigenvalue weighted by molar-refractivity contribution is -0.141. The second-order valence-corrected chi connectivity index (χ2v) is 5.91. The molecule has 0 aliphatic rings. The Morgan fingerprint density at radius 3 is 2.48 bits per heavy atom. The fourth-order valence-corrected chi connectivity index (χ4v) is 2.62. The van der Waals surface area contributed by atoms with Crippen LogP contribution in [0.25, 0.3) is 0 Å². The monoisotopic (exact) mass is 342 g/mol. The van der Waals surface area contributed by atoms with Crippen LogP contribution in [-0.2, 0) is 22.6 Å². The van der Waals surface area contributed by atoms with E-state index in [-0.39, 0.29) is 24.3 Å². The zero-order valence-electron chi connectivity index (χ0n) is 14.1. The maximum absolute atomic E-state index is 12.0. The quantitative estimate of drug-likeness (QED) is 0.765. The molecule has 0 spiro atoms. The molecule has 2 N–H and O–H groups in total. The third-order valence-corrected chi connectivity index (χ3v) is 3.97. The second kappa shape index (κ2) is 8.82. The van der Waals surface area contributed by atoms with Crippen molar-refractivity contribution in [2.75, 3.05) is 0 Å². The van der Waals surface area contributed by atoms with Crippen molar-refractivity contribution in [3.8, 4) is 0 Å². The van der Waals surface area contributed by atoms with E-state index in [0.29, 0.717) is 13.0 Å². The maximum Gasteiger partial charge on any atom is 0.326 e. The van der Waals surface area contributed by atoms with Gasteiger partial charge in [0.25, 0.3) is 5.56 Å². The number of hydrogen-bond acceptors (Lipinski definition) is 3. The van der Waals surface area contributed by atoms with Gasteiger partial charge in [-0.15, -0.1) is 0 Å². The minimum atomic E-state index is -1.06. The predicted octanol–water partition coefficient (Wildman–Crippen LogP) is 1.75. The Morgan fingerprint density at radius 1 is 1.12 bits per heavy atom. The van der Waals surface area contributed by atoms with Gasteiger partial charge in [0.15, 0.2) is 0 Å².